The first kappa shape index (κ1) is 17.7. The monoisotopic (exact) mass is 344 g/mol. The molecule has 1 aliphatic rings. The molecule has 1 amide bonds. The Balaban J connectivity index is 1.44. The molecule has 1 aromatic carbocycles. The lowest BCUT2D eigenvalue weighted by Crippen LogP contribution is -2.33. The predicted octanol–water partition coefficient (Wildman–Crippen LogP) is 3.82. The number of amides is 1. The molecule has 0 unspecified atom stereocenters. The first-order valence-electron chi connectivity index (χ1n) is 8.90. The van der Waals surface area contributed by atoms with Gasteiger partial charge in [-0.1, -0.05) is 0 Å². The van der Waals surface area contributed by atoms with Crippen LogP contribution in [0.15, 0.2) is 40.8 Å². The van der Waals surface area contributed by atoms with Crippen molar-refractivity contribution < 1.29 is 13.6 Å². The smallest absolute Gasteiger partial charge is 0.220 e. The predicted molar refractivity (Wildman–Crippen MR) is 95.4 cm³/mol. The van der Waals surface area contributed by atoms with Gasteiger partial charge in [-0.25, -0.2) is 4.39 Å². The molecule has 4 nitrogen and oxygen atoms in total. The van der Waals surface area contributed by atoms with Crippen molar-refractivity contribution in [3.05, 3.63) is 48.0 Å². The molecule has 1 saturated heterocycles. The number of furan rings is 1. The topological polar surface area (TPSA) is 45.5 Å². The van der Waals surface area contributed by atoms with E-state index < -0.39 is 0 Å². The van der Waals surface area contributed by atoms with Crippen molar-refractivity contribution in [3.63, 3.8) is 0 Å². The molecule has 5 heteroatoms. The van der Waals surface area contributed by atoms with Gasteiger partial charge < -0.3 is 14.6 Å². The summed E-state index contributed by atoms with van der Waals surface area (Å²) in [6.45, 7) is 2.63. The van der Waals surface area contributed by atoms with Crippen molar-refractivity contribution in [2.45, 2.75) is 32.2 Å². The molecule has 1 aromatic heterocycles. The number of likely N-dealkylation sites (tertiary alicyclic amines) is 1. The van der Waals surface area contributed by atoms with Crippen LogP contribution in [0.25, 0.3) is 11.3 Å². The van der Waals surface area contributed by atoms with Crippen molar-refractivity contribution >= 4 is 5.91 Å². The van der Waals surface area contributed by atoms with E-state index in [0.29, 0.717) is 30.4 Å². The number of hydrogen-bond acceptors (Lipinski definition) is 3. The Morgan fingerprint density at radius 3 is 2.84 bits per heavy atom. The summed E-state index contributed by atoms with van der Waals surface area (Å²) in [6, 6.07) is 9.85. The molecule has 1 aliphatic heterocycles. The van der Waals surface area contributed by atoms with Gasteiger partial charge in [-0.2, -0.15) is 0 Å². The highest BCUT2D eigenvalue weighted by Gasteiger charge is 2.18. The Hall–Kier alpha value is -2.14. The van der Waals surface area contributed by atoms with Crippen molar-refractivity contribution in [3.8, 4) is 11.3 Å². The molecule has 2 heterocycles. The average molecular weight is 344 g/mol. The fraction of sp³-hybridized carbons (Fsp3) is 0.450. The summed E-state index contributed by atoms with van der Waals surface area (Å²) in [5.74, 6) is 1.79. The highest BCUT2D eigenvalue weighted by molar-refractivity contribution is 5.75. The van der Waals surface area contributed by atoms with Crippen LogP contribution in [0.4, 0.5) is 4.39 Å². The molecule has 2 aromatic rings. The largest absolute Gasteiger partial charge is 0.459 e. The van der Waals surface area contributed by atoms with E-state index >= 15 is 0 Å². The number of carbonyl (C=O) groups excluding carboxylic acids is 1. The maximum absolute atomic E-state index is 13.0. The van der Waals surface area contributed by atoms with Gasteiger partial charge in [0, 0.05) is 18.5 Å². The molecule has 0 saturated carbocycles. The Labute approximate surface area is 148 Å². The number of piperidine rings is 1. The number of halogens is 1. The normalized spacial score (nSPS) is 18.2. The maximum Gasteiger partial charge on any atom is 0.220 e. The number of benzene rings is 1. The van der Waals surface area contributed by atoms with Crippen molar-refractivity contribution in [1.29, 1.82) is 0 Å². The zero-order valence-corrected chi connectivity index (χ0v) is 14.6. The third kappa shape index (κ3) is 5.16. The lowest BCUT2D eigenvalue weighted by Gasteiger charge is -2.29. The molecule has 1 atom stereocenters. The van der Waals surface area contributed by atoms with E-state index in [4.69, 9.17) is 4.42 Å². The quantitative estimate of drug-likeness (QED) is 0.866. The summed E-state index contributed by atoms with van der Waals surface area (Å²) in [4.78, 5) is 14.4. The SMILES string of the molecule is CN1CCC[C@@H](CCC(=O)NCc2ccc(-c3ccc(F)cc3)o2)C1. The van der Waals surface area contributed by atoms with E-state index in [-0.39, 0.29) is 11.7 Å². The van der Waals surface area contributed by atoms with Gasteiger partial charge in [-0.05, 0) is 75.2 Å². The summed E-state index contributed by atoms with van der Waals surface area (Å²) in [5, 5.41) is 2.92. The van der Waals surface area contributed by atoms with Crippen LogP contribution < -0.4 is 5.32 Å². The molecule has 0 bridgehead atoms. The van der Waals surface area contributed by atoms with Crippen molar-refractivity contribution in [2.24, 2.45) is 5.92 Å². The molecule has 0 radical (unpaired) electrons. The second kappa shape index (κ2) is 8.30. The summed E-state index contributed by atoms with van der Waals surface area (Å²) in [6.07, 6.45) is 3.94. The van der Waals surface area contributed by atoms with E-state index in [1.165, 1.54) is 25.0 Å². The van der Waals surface area contributed by atoms with Crippen LogP contribution in [-0.2, 0) is 11.3 Å². The van der Waals surface area contributed by atoms with E-state index in [1.807, 2.05) is 12.1 Å². The summed E-state index contributed by atoms with van der Waals surface area (Å²) >= 11 is 0. The highest BCUT2D eigenvalue weighted by atomic mass is 19.1. The fourth-order valence-corrected chi connectivity index (χ4v) is 3.36. The van der Waals surface area contributed by atoms with Gasteiger partial charge in [-0.15, -0.1) is 0 Å². The minimum Gasteiger partial charge on any atom is -0.459 e. The Morgan fingerprint density at radius 2 is 2.08 bits per heavy atom. The molecule has 0 spiro atoms. The van der Waals surface area contributed by atoms with Gasteiger partial charge in [0.2, 0.25) is 5.91 Å². The van der Waals surface area contributed by atoms with Gasteiger partial charge in [0.1, 0.15) is 17.3 Å². The van der Waals surface area contributed by atoms with Gasteiger partial charge in [0.05, 0.1) is 6.54 Å². The number of nitrogens with zero attached hydrogens (tertiary/aromatic N) is 1. The van der Waals surface area contributed by atoms with Crippen LogP contribution in [0.1, 0.15) is 31.4 Å². The first-order chi connectivity index (χ1) is 12.1. The molecular weight excluding hydrogens is 319 g/mol. The van der Waals surface area contributed by atoms with E-state index in [9.17, 15) is 9.18 Å². The van der Waals surface area contributed by atoms with E-state index in [0.717, 1.165) is 25.1 Å². The molecule has 1 N–H and O–H groups in total. The summed E-state index contributed by atoms with van der Waals surface area (Å²) in [5.41, 5.74) is 0.820. The summed E-state index contributed by atoms with van der Waals surface area (Å²) in [7, 11) is 2.14. The zero-order chi connectivity index (χ0) is 17.6. The van der Waals surface area contributed by atoms with Crippen LogP contribution in [-0.4, -0.2) is 30.9 Å². The molecule has 1 fully saturated rings. The van der Waals surface area contributed by atoms with Crippen LogP contribution in [0, 0.1) is 11.7 Å². The van der Waals surface area contributed by atoms with Crippen LogP contribution in [0.5, 0.6) is 0 Å². The average Bonchev–Trinajstić information content (AvgIpc) is 3.08. The minimum absolute atomic E-state index is 0.0629. The van der Waals surface area contributed by atoms with E-state index in [1.54, 1.807) is 12.1 Å². The van der Waals surface area contributed by atoms with Crippen molar-refractivity contribution in [1.82, 2.24) is 10.2 Å². The Bertz CT molecular complexity index is 696. The zero-order valence-electron chi connectivity index (χ0n) is 14.6. The van der Waals surface area contributed by atoms with Gasteiger partial charge >= 0.3 is 0 Å². The minimum atomic E-state index is -0.271. The van der Waals surface area contributed by atoms with Crippen LogP contribution in [0.2, 0.25) is 0 Å². The standard InChI is InChI=1S/C20H25FN2O2/c1-23-12-2-3-15(14-23)4-11-20(24)22-13-18-9-10-19(25-18)16-5-7-17(21)8-6-16/h5-10,15H,2-4,11-14H2,1H3,(H,22,24)/t15-/m0/s1. The van der Waals surface area contributed by atoms with Gasteiger partial charge in [0.25, 0.3) is 0 Å². The number of carbonyl (C=O) groups is 1. The number of hydrogen-bond donors (Lipinski definition) is 1. The second-order valence-corrected chi connectivity index (χ2v) is 6.86. The Morgan fingerprint density at radius 1 is 1.28 bits per heavy atom. The number of nitrogens with one attached hydrogen (secondary N) is 1. The maximum atomic E-state index is 13.0. The van der Waals surface area contributed by atoms with Gasteiger partial charge in [-0.3, -0.25) is 4.79 Å². The summed E-state index contributed by atoms with van der Waals surface area (Å²) < 4.78 is 18.7. The lowest BCUT2D eigenvalue weighted by atomic mass is 9.93. The first-order valence-corrected chi connectivity index (χ1v) is 8.90. The second-order valence-electron chi connectivity index (χ2n) is 6.86. The molecular formula is C20H25FN2O2. The van der Waals surface area contributed by atoms with Crippen LogP contribution >= 0.6 is 0 Å². The molecule has 25 heavy (non-hydrogen) atoms. The lowest BCUT2D eigenvalue weighted by molar-refractivity contribution is -0.121. The molecule has 0 aliphatic carbocycles. The number of rotatable bonds is 6. The van der Waals surface area contributed by atoms with Crippen LogP contribution in [0.3, 0.4) is 0 Å². The molecule has 134 valence electrons. The van der Waals surface area contributed by atoms with E-state index in [2.05, 4.69) is 17.3 Å². The van der Waals surface area contributed by atoms with Gasteiger partial charge in [0.15, 0.2) is 0 Å². The Kier molecular flexibility index (Phi) is 5.87. The third-order valence-corrected chi connectivity index (χ3v) is 4.75. The third-order valence-electron chi connectivity index (χ3n) is 4.75. The highest BCUT2D eigenvalue weighted by Crippen LogP contribution is 2.23. The fourth-order valence-electron chi connectivity index (χ4n) is 3.36. The molecule has 3 rings (SSSR count). The van der Waals surface area contributed by atoms with Crippen molar-refractivity contribution in [2.75, 3.05) is 20.1 Å².